The van der Waals surface area contributed by atoms with Gasteiger partial charge in [-0.2, -0.15) is 0 Å². The van der Waals surface area contributed by atoms with Crippen LogP contribution in [-0.2, 0) is 6.54 Å². The van der Waals surface area contributed by atoms with E-state index < -0.39 is 0 Å². The maximum absolute atomic E-state index is 6.19. The van der Waals surface area contributed by atoms with Gasteiger partial charge >= 0.3 is 0 Å². The Morgan fingerprint density at radius 3 is 2.37 bits per heavy atom. The smallest absolute Gasteiger partial charge is 0.0450 e. The molecule has 1 nitrogen and oxygen atoms in total. The van der Waals surface area contributed by atoms with Gasteiger partial charge in [-0.15, -0.1) is 0 Å². The van der Waals surface area contributed by atoms with Crippen molar-refractivity contribution in [1.29, 1.82) is 0 Å². The van der Waals surface area contributed by atoms with Crippen molar-refractivity contribution in [2.24, 2.45) is 0 Å². The number of nitrogens with one attached hydrogen (secondary N) is 1. The monoisotopic (exact) mass is 273 g/mol. The topological polar surface area (TPSA) is 12.0 Å². The molecule has 0 spiro atoms. The summed E-state index contributed by atoms with van der Waals surface area (Å²) < 4.78 is 0. The number of hydrogen-bond donors (Lipinski definition) is 1. The third-order valence-electron chi connectivity index (χ3n) is 3.28. The molecule has 2 aromatic rings. The Hall–Kier alpha value is -1.31. The van der Waals surface area contributed by atoms with Gasteiger partial charge < -0.3 is 5.32 Å². The highest BCUT2D eigenvalue weighted by Gasteiger charge is 2.10. The van der Waals surface area contributed by atoms with E-state index >= 15 is 0 Å². The van der Waals surface area contributed by atoms with Crippen molar-refractivity contribution in [3.8, 4) is 0 Å². The molecule has 0 aliphatic carbocycles. The molecule has 19 heavy (non-hydrogen) atoms. The van der Waals surface area contributed by atoms with Crippen molar-refractivity contribution >= 4 is 11.6 Å². The third-order valence-corrected chi connectivity index (χ3v) is 3.64. The second kappa shape index (κ2) is 7.32. The van der Waals surface area contributed by atoms with E-state index in [-0.39, 0.29) is 0 Å². The minimum absolute atomic E-state index is 0.391. The summed E-state index contributed by atoms with van der Waals surface area (Å²) in [7, 11) is 0. The Labute approximate surface area is 120 Å². The Bertz CT molecular complexity index is 496. The van der Waals surface area contributed by atoms with Crippen LogP contribution < -0.4 is 5.32 Å². The minimum Gasteiger partial charge on any atom is -0.306 e. The lowest BCUT2D eigenvalue weighted by atomic mass is 10.0. The molecule has 0 bridgehead atoms. The van der Waals surface area contributed by atoms with Gasteiger partial charge in [0.05, 0.1) is 0 Å². The molecule has 0 fully saturated rings. The van der Waals surface area contributed by atoms with Crippen molar-refractivity contribution < 1.29 is 0 Å². The SMILES string of the molecule is CCCC(NCc1ccccc1Cl)c1ccccc1. The molecule has 1 unspecified atom stereocenters. The lowest BCUT2D eigenvalue weighted by Gasteiger charge is -2.19. The van der Waals surface area contributed by atoms with Crippen LogP contribution in [-0.4, -0.2) is 0 Å². The van der Waals surface area contributed by atoms with Crippen LogP contribution in [0.2, 0.25) is 5.02 Å². The second-order valence-electron chi connectivity index (χ2n) is 4.72. The maximum Gasteiger partial charge on any atom is 0.0450 e. The van der Waals surface area contributed by atoms with E-state index in [0.717, 1.165) is 30.0 Å². The highest BCUT2D eigenvalue weighted by Crippen LogP contribution is 2.20. The fourth-order valence-corrected chi connectivity index (χ4v) is 2.44. The number of rotatable bonds is 6. The molecule has 0 amide bonds. The fourth-order valence-electron chi connectivity index (χ4n) is 2.24. The van der Waals surface area contributed by atoms with Gasteiger partial charge in [0, 0.05) is 17.6 Å². The summed E-state index contributed by atoms with van der Waals surface area (Å²) in [5.74, 6) is 0. The molecule has 0 aromatic heterocycles. The first kappa shape index (κ1) is 14.1. The van der Waals surface area contributed by atoms with Gasteiger partial charge in [-0.1, -0.05) is 73.5 Å². The highest BCUT2D eigenvalue weighted by atomic mass is 35.5. The van der Waals surface area contributed by atoms with E-state index in [4.69, 9.17) is 11.6 Å². The average Bonchev–Trinajstić information content (AvgIpc) is 2.46. The molecule has 1 atom stereocenters. The number of halogens is 1. The van der Waals surface area contributed by atoms with Gasteiger partial charge in [0.25, 0.3) is 0 Å². The lowest BCUT2D eigenvalue weighted by Crippen LogP contribution is -2.20. The number of hydrogen-bond acceptors (Lipinski definition) is 1. The zero-order valence-electron chi connectivity index (χ0n) is 11.3. The van der Waals surface area contributed by atoms with Crippen molar-refractivity contribution in [3.63, 3.8) is 0 Å². The van der Waals surface area contributed by atoms with E-state index in [1.54, 1.807) is 0 Å². The van der Waals surface area contributed by atoms with E-state index in [1.807, 2.05) is 18.2 Å². The lowest BCUT2D eigenvalue weighted by molar-refractivity contribution is 0.493. The summed E-state index contributed by atoms with van der Waals surface area (Å²) in [6, 6.07) is 19.0. The summed E-state index contributed by atoms with van der Waals surface area (Å²) in [5.41, 5.74) is 2.50. The van der Waals surface area contributed by atoms with Crippen LogP contribution in [0.1, 0.15) is 36.9 Å². The normalized spacial score (nSPS) is 12.3. The van der Waals surface area contributed by atoms with Gasteiger partial charge in [-0.05, 0) is 23.6 Å². The van der Waals surface area contributed by atoms with Gasteiger partial charge in [0.1, 0.15) is 0 Å². The first-order chi connectivity index (χ1) is 9.31. The molecule has 2 heteroatoms. The van der Waals surface area contributed by atoms with Crippen LogP contribution in [0, 0.1) is 0 Å². The van der Waals surface area contributed by atoms with Crippen LogP contribution in [0.5, 0.6) is 0 Å². The van der Waals surface area contributed by atoms with Crippen molar-refractivity contribution in [1.82, 2.24) is 5.32 Å². The molecular formula is C17H20ClN. The van der Waals surface area contributed by atoms with Gasteiger partial charge in [-0.3, -0.25) is 0 Å². The molecule has 2 rings (SSSR count). The molecule has 2 aromatic carbocycles. The van der Waals surface area contributed by atoms with Crippen LogP contribution in [0.25, 0.3) is 0 Å². The van der Waals surface area contributed by atoms with Crippen LogP contribution >= 0.6 is 11.6 Å². The Morgan fingerprint density at radius 2 is 1.68 bits per heavy atom. The molecule has 0 aliphatic rings. The summed E-state index contributed by atoms with van der Waals surface area (Å²) in [6.45, 7) is 3.02. The first-order valence-electron chi connectivity index (χ1n) is 6.83. The van der Waals surface area contributed by atoms with Gasteiger partial charge in [0.15, 0.2) is 0 Å². The largest absolute Gasteiger partial charge is 0.306 e. The summed E-state index contributed by atoms with van der Waals surface area (Å²) in [6.07, 6.45) is 2.30. The molecule has 0 heterocycles. The molecule has 0 saturated carbocycles. The molecule has 0 saturated heterocycles. The van der Waals surface area contributed by atoms with E-state index in [2.05, 4.69) is 48.6 Å². The van der Waals surface area contributed by atoms with Crippen molar-refractivity contribution in [2.45, 2.75) is 32.4 Å². The molecule has 100 valence electrons. The average molecular weight is 274 g/mol. The summed E-state index contributed by atoms with van der Waals surface area (Å²) in [5, 5.41) is 4.44. The first-order valence-corrected chi connectivity index (χ1v) is 7.20. The van der Waals surface area contributed by atoms with Crippen LogP contribution in [0.4, 0.5) is 0 Å². The predicted octanol–water partition coefficient (Wildman–Crippen LogP) is 4.97. The Balaban J connectivity index is 2.04. The fraction of sp³-hybridized carbons (Fsp3) is 0.294. The predicted molar refractivity (Wildman–Crippen MR) is 82.4 cm³/mol. The van der Waals surface area contributed by atoms with E-state index in [9.17, 15) is 0 Å². The van der Waals surface area contributed by atoms with Crippen molar-refractivity contribution in [3.05, 3.63) is 70.7 Å². The van der Waals surface area contributed by atoms with E-state index in [0.29, 0.717) is 6.04 Å². The van der Waals surface area contributed by atoms with Crippen LogP contribution in [0.3, 0.4) is 0 Å². The standard InChI is InChI=1S/C17H20ClN/c1-2-8-17(14-9-4-3-5-10-14)19-13-15-11-6-7-12-16(15)18/h3-7,9-12,17,19H,2,8,13H2,1H3. The van der Waals surface area contributed by atoms with Gasteiger partial charge in [-0.25, -0.2) is 0 Å². The minimum atomic E-state index is 0.391. The summed E-state index contributed by atoms with van der Waals surface area (Å²) >= 11 is 6.19. The maximum atomic E-state index is 6.19. The molecule has 0 aliphatic heterocycles. The molecule has 1 N–H and O–H groups in total. The quantitative estimate of drug-likeness (QED) is 0.783. The van der Waals surface area contributed by atoms with Crippen molar-refractivity contribution in [2.75, 3.05) is 0 Å². The Kier molecular flexibility index (Phi) is 5.44. The van der Waals surface area contributed by atoms with Crippen LogP contribution in [0.15, 0.2) is 54.6 Å². The highest BCUT2D eigenvalue weighted by molar-refractivity contribution is 6.31. The molecular weight excluding hydrogens is 254 g/mol. The molecule has 0 radical (unpaired) electrons. The summed E-state index contributed by atoms with van der Waals surface area (Å²) in [4.78, 5) is 0. The zero-order valence-corrected chi connectivity index (χ0v) is 12.0. The zero-order chi connectivity index (χ0) is 13.5. The van der Waals surface area contributed by atoms with E-state index in [1.165, 1.54) is 5.56 Å². The second-order valence-corrected chi connectivity index (χ2v) is 5.13. The van der Waals surface area contributed by atoms with Gasteiger partial charge in [0.2, 0.25) is 0 Å². The third kappa shape index (κ3) is 4.09. The number of benzene rings is 2. The Morgan fingerprint density at radius 1 is 1.00 bits per heavy atom.